The summed E-state index contributed by atoms with van der Waals surface area (Å²) in [5, 5.41) is 5.57. The monoisotopic (exact) mass is 346 g/mol. The van der Waals surface area contributed by atoms with Crippen molar-refractivity contribution in [1.29, 1.82) is 0 Å². The van der Waals surface area contributed by atoms with Crippen LogP contribution in [-0.4, -0.2) is 38.4 Å². The summed E-state index contributed by atoms with van der Waals surface area (Å²) < 4.78 is 22.0. The summed E-state index contributed by atoms with van der Waals surface area (Å²) >= 11 is 0. The molecule has 1 atom stereocenters. The minimum absolute atomic E-state index is 0.197. The van der Waals surface area contributed by atoms with E-state index >= 15 is 0 Å². The third-order valence-electron chi connectivity index (χ3n) is 3.63. The molecule has 2 amide bonds. The van der Waals surface area contributed by atoms with Crippen LogP contribution in [0.1, 0.15) is 12.2 Å². The summed E-state index contributed by atoms with van der Waals surface area (Å²) in [6.45, 7) is 2.33. The molecule has 1 aromatic carbocycles. The number of benzene rings is 1. The number of carbonyl (C=O) groups is 1. The molecule has 0 bridgehead atoms. The quantitative estimate of drug-likeness (QED) is 0.717. The van der Waals surface area contributed by atoms with Gasteiger partial charge in [0.05, 0.1) is 12.8 Å². The zero-order valence-electron chi connectivity index (χ0n) is 13.9. The lowest BCUT2D eigenvalue weighted by Crippen LogP contribution is -2.44. The third-order valence-corrected chi connectivity index (χ3v) is 3.63. The van der Waals surface area contributed by atoms with Crippen LogP contribution in [0.15, 0.2) is 47.1 Å². The van der Waals surface area contributed by atoms with Gasteiger partial charge in [-0.1, -0.05) is 12.1 Å². The fourth-order valence-corrected chi connectivity index (χ4v) is 2.38. The highest BCUT2D eigenvalue weighted by atomic mass is 16.6. The van der Waals surface area contributed by atoms with Gasteiger partial charge in [0.25, 0.3) is 0 Å². The van der Waals surface area contributed by atoms with Crippen LogP contribution in [0.25, 0.3) is 0 Å². The Hall–Kier alpha value is -2.67. The molecule has 134 valence electrons. The number of furan rings is 1. The number of carbonyl (C=O) groups excluding carboxylic acids is 1. The van der Waals surface area contributed by atoms with Crippen LogP contribution in [0.2, 0.25) is 0 Å². The van der Waals surface area contributed by atoms with Crippen LogP contribution in [0.5, 0.6) is 11.5 Å². The molecule has 0 aliphatic carbocycles. The largest absolute Gasteiger partial charge is 0.486 e. The average molecular weight is 346 g/mol. The summed E-state index contributed by atoms with van der Waals surface area (Å²) in [6.07, 6.45) is 2.15. The molecule has 0 radical (unpaired) electrons. The van der Waals surface area contributed by atoms with Crippen molar-refractivity contribution in [2.24, 2.45) is 0 Å². The van der Waals surface area contributed by atoms with Crippen LogP contribution in [0.3, 0.4) is 0 Å². The van der Waals surface area contributed by atoms with Gasteiger partial charge < -0.3 is 29.3 Å². The molecule has 7 heteroatoms. The van der Waals surface area contributed by atoms with Crippen molar-refractivity contribution in [2.75, 3.05) is 26.3 Å². The Bertz CT molecular complexity index is 659. The topological polar surface area (TPSA) is 82.0 Å². The molecule has 1 unspecified atom stereocenters. The highest BCUT2D eigenvalue weighted by molar-refractivity contribution is 5.73. The second kappa shape index (κ2) is 8.98. The van der Waals surface area contributed by atoms with Gasteiger partial charge in [-0.25, -0.2) is 4.79 Å². The number of para-hydroxylation sites is 2. The summed E-state index contributed by atoms with van der Waals surface area (Å²) in [6, 6.07) is 11.0. The zero-order chi connectivity index (χ0) is 17.3. The summed E-state index contributed by atoms with van der Waals surface area (Å²) in [4.78, 5) is 11.8. The van der Waals surface area contributed by atoms with E-state index in [2.05, 4.69) is 10.6 Å². The number of nitrogens with one attached hydrogen (secondary N) is 2. The molecule has 1 aliphatic rings. The van der Waals surface area contributed by atoms with Gasteiger partial charge in [0.2, 0.25) is 0 Å². The Balaban J connectivity index is 1.24. The lowest BCUT2D eigenvalue weighted by molar-refractivity contribution is 0.0915. The Morgan fingerprint density at radius 1 is 1.16 bits per heavy atom. The van der Waals surface area contributed by atoms with E-state index in [1.54, 1.807) is 6.26 Å². The first-order valence-electron chi connectivity index (χ1n) is 8.31. The van der Waals surface area contributed by atoms with Crippen LogP contribution in [0.4, 0.5) is 4.79 Å². The van der Waals surface area contributed by atoms with E-state index in [-0.39, 0.29) is 12.1 Å². The first-order chi connectivity index (χ1) is 12.3. The van der Waals surface area contributed by atoms with Crippen molar-refractivity contribution in [3.63, 3.8) is 0 Å². The Kier molecular flexibility index (Phi) is 6.17. The summed E-state index contributed by atoms with van der Waals surface area (Å²) in [5.41, 5.74) is 0. The lowest BCUT2D eigenvalue weighted by Gasteiger charge is -2.26. The number of hydrogen-bond acceptors (Lipinski definition) is 5. The molecule has 2 N–H and O–H groups in total. The van der Waals surface area contributed by atoms with Gasteiger partial charge in [-0.3, -0.25) is 0 Å². The highest BCUT2D eigenvalue weighted by Crippen LogP contribution is 2.30. The number of hydrogen-bond donors (Lipinski definition) is 2. The standard InChI is InChI=1S/C18H22N2O5/c21-18(19-8-4-9-22-12-14-5-3-10-23-14)20-11-15-13-24-16-6-1-2-7-17(16)25-15/h1-3,5-7,10,15H,4,8-9,11-13H2,(H2,19,20,21). The molecule has 7 nitrogen and oxygen atoms in total. The Labute approximate surface area is 146 Å². The second-order valence-corrected chi connectivity index (χ2v) is 5.62. The highest BCUT2D eigenvalue weighted by Gasteiger charge is 2.20. The van der Waals surface area contributed by atoms with Crippen molar-refractivity contribution < 1.29 is 23.4 Å². The predicted molar refractivity (Wildman–Crippen MR) is 90.7 cm³/mol. The molecule has 0 saturated carbocycles. The average Bonchev–Trinajstić information content (AvgIpc) is 3.16. The van der Waals surface area contributed by atoms with Gasteiger partial charge >= 0.3 is 6.03 Å². The van der Waals surface area contributed by atoms with Crippen LogP contribution in [0, 0.1) is 0 Å². The molecular formula is C18H22N2O5. The number of rotatable bonds is 8. The van der Waals surface area contributed by atoms with Crippen LogP contribution in [-0.2, 0) is 11.3 Å². The molecular weight excluding hydrogens is 324 g/mol. The molecule has 0 fully saturated rings. The zero-order valence-corrected chi connectivity index (χ0v) is 13.9. The molecule has 1 aliphatic heterocycles. The van der Waals surface area contributed by atoms with Gasteiger partial charge in [-0.2, -0.15) is 0 Å². The maximum Gasteiger partial charge on any atom is 0.314 e. The fraction of sp³-hybridized carbons (Fsp3) is 0.389. The van der Waals surface area contributed by atoms with Crippen molar-refractivity contribution in [1.82, 2.24) is 10.6 Å². The first kappa shape index (κ1) is 17.2. The van der Waals surface area contributed by atoms with E-state index in [4.69, 9.17) is 18.6 Å². The van der Waals surface area contributed by atoms with Gasteiger partial charge in [-0.15, -0.1) is 0 Å². The fourth-order valence-electron chi connectivity index (χ4n) is 2.38. The molecule has 3 rings (SSSR count). The van der Waals surface area contributed by atoms with Crippen molar-refractivity contribution in [2.45, 2.75) is 19.1 Å². The van der Waals surface area contributed by atoms with E-state index in [9.17, 15) is 4.79 Å². The molecule has 25 heavy (non-hydrogen) atoms. The van der Waals surface area contributed by atoms with E-state index in [0.29, 0.717) is 38.7 Å². The minimum atomic E-state index is -0.228. The van der Waals surface area contributed by atoms with Gasteiger partial charge in [0.15, 0.2) is 17.6 Å². The lowest BCUT2D eigenvalue weighted by atomic mass is 10.2. The number of ether oxygens (including phenoxy) is 3. The maximum absolute atomic E-state index is 11.8. The first-order valence-corrected chi connectivity index (χ1v) is 8.31. The minimum Gasteiger partial charge on any atom is -0.486 e. The van der Waals surface area contributed by atoms with Crippen LogP contribution >= 0.6 is 0 Å². The predicted octanol–water partition coefficient (Wildman–Crippen LogP) is 2.33. The molecule has 2 heterocycles. The Morgan fingerprint density at radius 3 is 2.88 bits per heavy atom. The number of urea groups is 1. The molecule has 0 saturated heterocycles. The molecule has 2 aromatic rings. The second-order valence-electron chi connectivity index (χ2n) is 5.62. The van der Waals surface area contributed by atoms with Crippen LogP contribution < -0.4 is 20.1 Å². The summed E-state index contributed by atoms with van der Waals surface area (Å²) in [7, 11) is 0. The van der Waals surface area contributed by atoms with Gasteiger partial charge in [0, 0.05) is 13.2 Å². The molecule has 0 spiro atoms. The van der Waals surface area contributed by atoms with E-state index in [1.165, 1.54) is 0 Å². The maximum atomic E-state index is 11.8. The van der Waals surface area contributed by atoms with Crippen molar-refractivity contribution in [3.05, 3.63) is 48.4 Å². The Morgan fingerprint density at radius 2 is 2.04 bits per heavy atom. The SMILES string of the molecule is O=C(NCCCOCc1ccco1)NCC1COc2ccccc2O1. The summed E-state index contributed by atoms with van der Waals surface area (Å²) in [5.74, 6) is 2.23. The normalized spacial score (nSPS) is 15.6. The number of fused-ring (bicyclic) bond motifs is 1. The number of amides is 2. The third kappa shape index (κ3) is 5.42. The van der Waals surface area contributed by atoms with Gasteiger partial charge in [-0.05, 0) is 30.7 Å². The van der Waals surface area contributed by atoms with E-state index in [1.807, 2.05) is 36.4 Å². The smallest absolute Gasteiger partial charge is 0.314 e. The van der Waals surface area contributed by atoms with Crippen molar-refractivity contribution >= 4 is 6.03 Å². The molecule has 1 aromatic heterocycles. The van der Waals surface area contributed by atoms with E-state index < -0.39 is 0 Å². The van der Waals surface area contributed by atoms with E-state index in [0.717, 1.165) is 17.9 Å². The van der Waals surface area contributed by atoms with Gasteiger partial charge in [0.1, 0.15) is 19.0 Å². The van der Waals surface area contributed by atoms with Crippen molar-refractivity contribution in [3.8, 4) is 11.5 Å².